The molecule has 0 spiro atoms. The number of hydrogen-bond donors (Lipinski definition) is 1. The fourth-order valence-electron chi connectivity index (χ4n) is 2.20. The van der Waals surface area contributed by atoms with E-state index in [0.29, 0.717) is 0 Å². The van der Waals surface area contributed by atoms with E-state index in [2.05, 4.69) is 23.2 Å². The van der Waals surface area contributed by atoms with Crippen LogP contribution in [0.5, 0.6) is 5.75 Å². The number of hydrogen-bond acceptors (Lipinski definition) is 2. The highest BCUT2D eigenvalue weighted by Gasteiger charge is 1.99. The zero-order valence-electron chi connectivity index (χ0n) is 11.2. The van der Waals surface area contributed by atoms with Crippen molar-refractivity contribution in [2.75, 3.05) is 0 Å². The van der Waals surface area contributed by atoms with Crippen molar-refractivity contribution in [3.63, 3.8) is 0 Å². The van der Waals surface area contributed by atoms with Crippen LogP contribution < -0.4 is 0 Å². The number of fused-ring (bicyclic) bond motifs is 1. The molecule has 3 rings (SSSR count). The summed E-state index contributed by atoms with van der Waals surface area (Å²) < 4.78 is 0. The van der Waals surface area contributed by atoms with Gasteiger partial charge in [-0.15, -0.1) is 0 Å². The number of aromatic nitrogens is 1. The minimum atomic E-state index is 0.284. The van der Waals surface area contributed by atoms with E-state index in [1.165, 1.54) is 0 Å². The van der Waals surface area contributed by atoms with Gasteiger partial charge in [0.1, 0.15) is 5.75 Å². The van der Waals surface area contributed by atoms with Gasteiger partial charge in [0, 0.05) is 11.1 Å². The first-order chi connectivity index (χ1) is 9.72. The SMILES string of the molecule is Cc1ccc2c(/C=C/c3ccc(O)cc3)cccc2n1. The average Bonchev–Trinajstić information content (AvgIpc) is 2.46. The van der Waals surface area contributed by atoms with Gasteiger partial charge in [0.15, 0.2) is 0 Å². The molecule has 0 aliphatic carbocycles. The third kappa shape index (κ3) is 2.54. The van der Waals surface area contributed by atoms with Gasteiger partial charge in [0.25, 0.3) is 0 Å². The molecule has 0 atom stereocenters. The standard InChI is InChI=1S/C18H15NO/c1-13-5-12-17-15(3-2-4-18(17)19-13)9-6-14-7-10-16(20)11-8-14/h2-12,20H,1H3/b9-6+. The Morgan fingerprint density at radius 1 is 0.900 bits per heavy atom. The number of phenolic OH excluding ortho intramolecular Hbond substituents is 1. The number of pyridine rings is 1. The molecule has 0 aliphatic rings. The van der Waals surface area contributed by atoms with Crippen LogP contribution in [0.2, 0.25) is 0 Å². The molecule has 1 heterocycles. The zero-order valence-corrected chi connectivity index (χ0v) is 11.2. The van der Waals surface area contributed by atoms with Gasteiger partial charge < -0.3 is 5.11 Å². The lowest BCUT2D eigenvalue weighted by molar-refractivity contribution is 0.475. The van der Waals surface area contributed by atoms with Gasteiger partial charge in [-0.1, -0.05) is 42.5 Å². The number of benzene rings is 2. The number of aromatic hydroxyl groups is 1. The van der Waals surface area contributed by atoms with Gasteiger partial charge in [-0.05, 0) is 42.3 Å². The van der Waals surface area contributed by atoms with Crippen LogP contribution in [0.15, 0.2) is 54.6 Å². The van der Waals surface area contributed by atoms with Crippen molar-refractivity contribution in [1.82, 2.24) is 4.98 Å². The maximum absolute atomic E-state index is 9.28. The second-order valence-corrected chi connectivity index (χ2v) is 4.79. The Bertz CT molecular complexity index is 773. The van der Waals surface area contributed by atoms with Crippen molar-refractivity contribution in [2.24, 2.45) is 0 Å². The fraction of sp³-hybridized carbons (Fsp3) is 0.0556. The van der Waals surface area contributed by atoms with Crippen LogP contribution >= 0.6 is 0 Å². The Morgan fingerprint density at radius 2 is 1.70 bits per heavy atom. The van der Waals surface area contributed by atoms with Crippen LogP contribution in [-0.4, -0.2) is 10.1 Å². The maximum atomic E-state index is 9.28. The van der Waals surface area contributed by atoms with Gasteiger partial charge in [-0.3, -0.25) is 4.98 Å². The van der Waals surface area contributed by atoms with Crippen LogP contribution in [0.25, 0.3) is 23.1 Å². The Morgan fingerprint density at radius 3 is 2.50 bits per heavy atom. The Balaban J connectivity index is 2.00. The second-order valence-electron chi connectivity index (χ2n) is 4.79. The molecule has 2 nitrogen and oxygen atoms in total. The van der Waals surface area contributed by atoms with Crippen molar-refractivity contribution in [3.05, 3.63) is 71.4 Å². The van der Waals surface area contributed by atoms with Gasteiger partial charge >= 0.3 is 0 Å². The van der Waals surface area contributed by atoms with E-state index < -0.39 is 0 Å². The predicted octanol–water partition coefficient (Wildman–Crippen LogP) is 4.42. The van der Waals surface area contributed by atoms with E-state index >= 15 is 0 Å². The molecular weight excluding hydrogens is 246 g/mol. The molecule has 2 heteroatoms. The lowest BCUT2D eigenvalue weighted by Crippen LogP contribution is -1.85. The Kier molecular flexibility index (Phi) is 3.21. The highest BCUT2D eigenvalue weighted by Crippen LogP contribution is 2.20. The molecule has 1 N–H and O–H groups in total. The van der Waals surface area contributed by atoms with E-state index in [1.807, 2.05) is 43.3 Å². The summed E-state index contributed by atoms with van der Waals surface area (Å²) in [4.78, 5) is 4.54. The molecule has 2 aromatic carbocycles. The zero-order chi connectivity index (χ0) is 13.9. The van der Waals surface area contributed by atoms with Crippen molar-refractivity contribution in [2.45, 2.75) is 6.92 Å². The number of phenols is 1. The molecule has 0 saturated heterocycles. The van der Waals surface area contributed by atoms with Gasteiger partial charge in [-0.25, -0.2) is 0 Å². The van der Waals surface area contributed by atoms with Crippen LogP contribution in [0.1, 0.15) is 16.8 Å². The quantitative estimate of drug-likeness (QED) is 0.693. The summed E-state index contributed by atoms with van der Waals surface area (Å²) in [6.45, 7) is 2.00. The third-order valence-electron chi connectivity index (χ3n) is 3.25. The summed E-state index contributed by atoms with van der Waals surface area (Å²) in [5.41, 5.74) is 4.23. The molecule has 1 aromatic heterocycles. The number of nitrogens with zero attached hydrogens (tertiary/aromatic N) is 1. The molecular formula is C18H15NO. The lowest BCUT2D eigenvalue weighted by atomic mass is 10.1. The molecule has 20 heavy (non-hydrogen) atoms. The van der Waals surface area contributed by atoms with Crippen molar-refractivity contribution in [1.29, 1.82) is 0 Å². The number of rotatable bonds is 2. The predicted molar refractivity (Wildman–Crippen MR) is 83.5 cm³/mol. The molecule has 0 aliphatic heterocycles. The van der Waals surface area contributed by atoms with Gasteiger partial charge in [-0.2, -0.15) is 0 Å². The molecule has 0 bridgehead atoms. The first-order valence-electron chi connectivity index (χ1n) is 6.56. The van der Waals surface area contributed by atoms with E-state index in [1.54, 1.807) is 12.1 Å². The van der Waals surface area contributed by atoms with E-state index in [-0.39, 0.29) is 5.75 Å². The summed E-state index contributed by atoms with van der Waals surface area (Å²) in [6.07, 6.45) is 4.11. The largest absolute Gasteiger partial charge is 0.508 e. The van der Waals surface area contributed by atoms with E-state index in [0.717, 1.165) is 27.7 Å². The van der Waals surface area contributed by atoms with Gasteiger partial charge in [0.05, 0.1) is 5.52 Å². The van der Waals surface area contributed by atoms with Crippen LogP contribution in [0.3, 0.4) is 0 Å². The molecule has 3 aromatic rings. The highest BCUT2D eigenvalue weighted by atomic mass is 16.3. The monoisotopic (exact) mass is 261 g/mol. The Hall–Kier alpha value is -2.61. The minimum absolute atomic E-state index is 0.284. The lowest BCUT2D eigenvalue weighted by Gasteiger charge is -2.03. The van der Waals surface area contributed by atoms with Crippen molar-refractivity contribution in [3.8, 4) is 5.75 Å². The second kappa shape index (κ2) is 5.17. The van der Waals surface area contributed by atoms with E-state index in [4.69, 9.17) is 0 Å². The summed E-state index contributed by atoms with van der Waals surface area (Å²) >= 11 is 0. The number of aryl methyl sites for hydroxylation is 1. The normalized spacial score (nSPS) is 11.2. The molecule has 0 amide bonds. The third-order valence-corrected chi connectivity index (χ3v) is 3.25. The molecule has 0 saturated carbocycles. The van der Waals surface area contributed by atoms with Gasteiger partial charge in [0.2, 0.25) is 0 Å². The molecule has 98 valence electrons. The first-order valence-corrected chi connectivity index (χ1v) is 6.56. The molecule has 0 radical (unpaired) electrons. The average molecular weight is 261 g/mol. The van der Waals surface area contributed by atoms with Crippen LogP contribution in [0.4, 0.5) is 0 Å². The van der Waals surface area contributed by atoms with Crippen LogP contribution in [-0.2, 0) is 0 Å². The highest BCUT2D eigenvalue weighted by molar-refractivity contribution is 5.90. The smallest absolute Gasteiger partial charge is 0.115 e. The molecule has 0 unspecified atom stereocenters. The van der Waals surface area contributed by atoms with Crippen LogP contribution in [0, 0.1) is 6.92 Å². The molecule has 0 fully saturated rings. The fourth-order valence-corrected chi connectivity index (χ4v) is 2.20. The van der Waals surface area contributed by atoms with E-state index in [9.17, 15) is 5.11 Å². The summed E-state index contributed by atoms with van der Waals surface area (Å²) in [5, 5.41) is 10.4. The first kappa shape index (κ1) is 12.4. The van der Waals surface area contributed by atoms with Crippen molar-refractivity contribution < 1.29 is 5.11 Å². The maximum Gasteiger partial charge on any atom is 0.115 e. The minimum Gasteiger partial charge on any atom is -0.508 e. The van der Waals surface area contributed by atoms with Crippen molar-refractivity contribution >= 4 is 23.1 Å². The Labute approximate surface area is 118 Å². The summed E-state index contributed by atoms with van der Waals surface area (Å²) in [5.74, 6) is 0.284. The summed E-state index contributed by atoms with van der Waals surface area (Å²) in [6, 6.07) is 17.4. The summed E-state index contributed by atoms with van der Waals surface area (Å²) in [7, 11) is 0. The topological polar surface area (TPSA) is 33.1 Å².